The van der Waals surface area contributed by atoms with E-state index in [0.717, 1.165) is 16.2 Å². The zero-order chi connectivity index (χ0) is 11.0. The number of hydrogen-bond acceptors (Lipinski definition) is 4. The third kappa shape index (κ3) is 2.02. The molecule has 0 aliphatic heterocycles. The number of benzene rings is 1. The lowest BCUT2D eigenvalue weighted by Crippen LogP contribution is -1.95. The molecule has 1 aromatic carbocycles. The van der Waals surface area contributed by atoms with Crippen molar-refractivity contribution in [2.45, 2.75) is 18.9 Å². The highest BCUT2D eigenvalue weighted by atomic mass is 32.1. The first-order valence-electron chi connectivity index (χ1n) is 5.30. The summed E-state index contributed by atoms with van der Waals surface area (Å²) in [6.45, 7) is 0. The zero-order valence-corrected chi connectivity index (χ0v) is 9.54. The molecule has 3 nitrogen and oxygen atoms in total. The maximum atomic E-state index is 5.75. The highest BCUT2D eigenvalue weighted by Crippen LogP contribution is 2.32. The number of anilines is 1. The van der Waals surface area contributed by atoms with Gasteiger partial charge in [0.05, 0.1) is 11.0 Å². The Morgan fingerprint density at radius 2 is 2.25 bits per heavy atom. The molecule has 0 saturated heterocycles. The van der Waals surface area contributed by atoms with E-state index in [9.17, 15) is 0 Å². The van der Waals surface area contributed by atoms with Gasteiger partial charge in [-0.1, -0.05) is 23.5 Å². The van der Waals surface area contributed by atoms with Crippen LogP contribution in [0.1, 0.15) is 12.8 Å². The number of nitrogens with zero attached hydrogens (tertiary/aromatic N) is 1. The predicted octanol–water partition coefficient (Wildman–Crippen LogP) is 2.93. The Morgan fingerprint density at radius 3 is 2.94 bits per heavy atom. The van der Waals surface area contributed by atoms with E-state index in [1.807, 2.05) is 24.3 Å². The molecule has 0 unspecified atom stereocenters. The lowest BCUT2D eigenvalue weighted by atomic mass is 10.2. The van der Waals surface area contributed by atoms with E-state index in [0.29, 0.717) is 11.2 Å². The van der Waals surface area contributed by atoms with Crippen LogP contribution < -0.4 is 10.5 Å². The van der Waals surface area contributed by atoms with Gasteiger partial charge in [0.2, 0.25) is 0 Å². The minimum atomic E-state index is 0.432. The molecule has 1 saturated carbocycles. The Balaban J connectivity index is 1.88. The molecule has 0 bridgehead atoms. The van der Waals surface area contributed by atoms with E-state index in [2.05, 4.69) is 4.98 Å². The molecule has 0 radical (unpaired) electrons. The van der Waals surface area contributed by atoms with Crippen LogP contribution in [0.3, 0.4) is 0 Å². The summed E-state index contributed by atoms with van der Waals surface area (Å²) >= 11 is 1.50. The molecule has 0 amide bonds. The van der Waals surface area contributed by atoms with Crippen LogP contribution in [0.5, 0.6) is 5.75 Å². The molecule has 1 aromatic heterocycles. The van der Waals surface area contributed by atoms with Crippen LogP contribution in [-0.4, -0.2) is 11.1 Å². The van der Waals surface area contributed by atoms with E-state index >= 15 is 0 Å². The van der Waals surface area contributed by atoms with Crippen LogP contribution in [0.4, 0.5) is 5.13 Å². The second-order valence-corrected chi connectivity index (χ2v) is 4.97. The van der Waals surface area contributed by atoms with Gasteiger partial charge >= 0.3 is 0 Å². The quantitative estimate of drug-likeness (QED) is 0.885. The smallest absolute Gasteiger partial charge is 0.180 e. The topological polar surface area (TPSA) is 48.1 Å². The molecule has 1 fully saturated rings. The van der Waals surface area contributed by atoms with Crippen LogP contribution in [-0.2, 0) is 0 Å². The molecular formula is C12H12N2OS. The summed E-state index contributed by atoms with van der Waals surface area (Å²) < 4.78 is 5.75. The molecule has 1 aliphatic carbocycles. The van der Waals surface area contributed by atoms with Crippen molar-refractivity contribution in [3.05, 3.63) is 30.5 Å². The minimum absolute atomic E-state index is 0.432. The van der Waals surface area contributed by atoms with E-state index in [-0.39, 0.29) is 0 Å². The normalized spacial score (nSPS) is 15.0. The molecular weight excluding hydrogens is 220 g/mol. The number of aromatic nitrogens is 1. The predicted molar refractivity (Wildman–Crippen MR) is 65.6 cm³/mol. The Labute approximate surface area is 97.9 Å². The summed E-state index contributed by atoms with van der Waals surface area (Å²) in [4.78, 5) is 5.13. The molecule has 0 atom stereocenters. The zero-order valence-electron chi connectivity index (χ0n) is 8.72. The highest BCUT2D eigenvalue weighted by Gasteiger charge is 2.23. The lowest BCUT2D eigenvalue weighted by molar-refractivity contribution is 0.303. The second-order valence-electron chi connectivity index (χ2n) is 3.91. The van der Waals surface area contributed by atoms with Crippen molar-refractivity contribution >= 4 is 16.5 Å². The summed E-state index contributed by atoms with van der Waals surface area (Å²) in [6, 6.07) is 8.09. The number of nitrogen functional groups attached to an aromatic ring is 1. The summed E-state index contributed by atoms with van der Waals surface area (Å²) in [5.41, 5.74) is 6.74. The Morgan fingerprint density at radius 1 is 1.38 bits per heavy atom. The monoisotopic (exact) mass is 232 g/mol. The third-order valence-corrected chi connectivity index (χ3v) is 3.34. The molecule has 1 heterocycles. The van der Waals surface area contributed by atoms with E-state index in [4.69, 9.17) is 10.5 Å². The largest absolute Gasteiger partial charge is 0.490 e. The molecule has 2 aromatic rings. The van der Waals surface area contributed by atoms with Gasteiger partial charge in [-0.2, -0.15) is 0 Å². The molecule has 3 rings (SSSR count). The van der Waals surface area contributed by atoms with Crippen molar-refractivity contribution in [2.75, 3.05) is 5.73 Å². The summed E-state index contributed by atoms with van der Waals surface area (Å²) in [5.74, 6) is 0.937. The van der Waals surface area contributed by atoms with Gasteiger partial charge in [0, 0.05) is 6.20 Å². The van der Waals surface area contributed by atoms with Gasteiger partial charge in [0.25, 0.3) is 0 Å². The number of ether oxygens (including phenoxy) is 1. The van der Waals surface area contributed by atoms with Crippen molar-refractivity contribution in [1.29, 1.82) is 0 Å². The van der Waals surface area contributed by atoms with Crippen molar-refractivity contribution in [3.63, 3.8) is 0 Å². The van der Waals surface area contributed by atoms with Crippen molar-refractivity contribution in [1.82, 2.24) is 4.98 Å². The fourth-order valence-electron chi connectivity index (χ4n) is 1.52. The van der Waals surface area contributed by atoms with Crippen molar-refractivity contribution < 1.29 is 4.74 Å². The average Bonchev–Trinajstić information content (AvgIpc) is 2.98. The molecule has 0 spiro atoms. The van der Waals surface area contributed by atoms with E-state index < -0.39 is 0 Å². The second kappa shape index (κ2) is 3.79. The summed E-state index contributed by atoms with van der Waals surface area (Å²) in [6.07, 6.45) is 4.59. The Kier molecular flexibility index (Phi) is 2.29. The number of rotatable bonds is 3. The first-order valence-corrected chi connectivity index (χ1v) is 6.11. The summed E-state index contributed by atoms with van der Waals surface area (Å²) in [5, 5.41) is 0.600. The molecule has 82 valence electrons. The maximum absolute atomic E-state index is 5.75. The maximum Gasteiger partial charge on any atom is 0.180 e. The first kappa shape index (κ1) is 9.66. The van der Waals surface area contributed by atoms with Crippen LogP contribution in [0.2, 0.25) is 0 Å². The number of thiazole rings is 1. The Hall–Kier alpha value is -1.55. The van der Waals surface area contributed by atoms with Crippen LogP contribution in [0.15, 0.2) is 30.5 Å². The number of hydrogen-bond donors (Lipinski definition) is 1. The third-order valence-electron chi connectivity index (χ3n) is 2.47. The van der Waals surface area contributed by atoms with Gasteiger partial charge in [0.1, 0.15) is 5.75 Å². The summed E-state index contributed by atoms with van der Waals surface area (Å²) in [7, 11) is 0. The van der Waals surface area contributed by atoms with Crippen molar-refractivity contribution in [2.24, 2.45) is 0 Å². The van der Waals surface area contributed by atoms with Gasteiger partial charge in [-0.25, -0.2) is 4.98 Å². The van der Waals surface area contributed by atoms with Gasteiger partial charge in [-0.15, -0.1) is 0 Å². The Bertz CT molecular complexity index is 505. The van der Waals surface area contributed by atoms with Crippen LogP contribution in [0.25, 0.3) is 10.4 Å². The van der Waals surface area contributed by atoms with Crippen molar-refractivity contribution in [3.8, 4) is 16.2 Å². The van der Waals surface area contributed by atoms with Gasteiger partial charge in [-0.05, 0) is 30.5 Å². The minimum Gasteiger partial charge on any atom is -0.490 e. The van der Waals surface area contributed by atoms with Crippen LogP contribution in [0, 0.1) is 0 Å². The number of nitrogens with two attached hydrogens (primary N) is 1. The molecule has 16 heavy (non-hydrogen) atoms. The SMILES string of the molecule is Nc1ncc(-c2cccc(OC3CC3)c2)s1. The first-order chi connectivity index (χ1) is 7.81. The van der Waals surface area contributed by atoms with Gasteiger partial charge in [-0.3, -0.25) is 0 Å². The molecule has 2 N–H and O–H groups in total. The van der Waals surface area contributed by atoms with Gasteiger partial charge < -0.3 is 10.5 Å². The standard InChI is InChI=1S/C12H12N2OS/c13-12-14-7-11(16-12)8-2-1-3-10(6-8)15-9-4-5-9/h1-3,6-7,9H,4-5H2,(H2,13,14). The molecule has 4 heteroatoms. The average molecular weight is 232 g/mol. The highest BCUT2D eigenvalue weighted by molar-refractivity contribution is 7.18. The lowest BCUT2D eigenvalue weighted by Gasteiger charge is -2.05. The fraction of sp³-hybridized carbons (Fsp3) is 0.250. The molecule has 1 aliphatic rings. The van der Waals surface area contributed by atoms with E-state index in [1.54, 1.807) is 6.20 Å². The van der Waals surface area contributed by atoms with Gasteiger partial charge in [0.15, 0.2) is 5.13 Å². The fourth-order valence-corrected chi connectivity index (χ4v) is 2.20. The van der Waals surface area contributed by atoms with Crippen LogP contribution >= 0.6 is 11.3 Å². The van der Waals surface area contributed by atoms with E-state index in [1.165, 1.54) is 24.2 Å².